The summed E-state index contributed by atoms with van der Waals surface area (Å²) in [6.45, 7) is 4.04. The summed E-state index contributed by atoms with van der Waals surface area (Å²) in [4.78, 5) is 38.1. The second-order valence-corrected chi connectivity index (χ2v) is 6.81. The standard InChI is InChI=1S/C23H21NO5/c1-14-4-6-17(7-5-14)13-24-15(2)20(23(28)29-3)19(21(24)25)12-16-8-10-18(11-9-16)22(26)27/h4-12H,13H2,1-3H3,(H,26,27)/b19-12-. The molecule has 6 nitrogen and oxygen atoms in total. The van der Waals surface area contributed by atoms with Gasteiger partial charge in [0.05, 0.1) is 30.4 Å². The first kappa shape index (κ1) is 20.1. The van der Waals surface area contributed by atoms with Crippen molar-refractivity contribution in [3.8, 4) is 0 Å². The second-order valence-electron chi connectivity index (χ2n) is 6.81. The third-order valence-corrected chi connectivity index (χ3v) is 4.83. The summed E-state index contributed by atoms with van der Waals surface area (Å²) < 4.78 is 4.89. The second kappa shape index (κ2) is 8.14. The summed E-state index contributed by atoms with van der Waals surface area (Å²) >= 11 is 0. The van der Waals surface area contributed by atoms with Gasteiger partial charge in [0.25, 0.3) is 5.91 Å². The number of nitrogens with zero attached hydrogens (tertiary/aromatic N) is 1. The summed E-state index contributed by atoms with van der Waals surface area (Å²) in [6.07, 6.45) is 1.58. The van der Waals surface area contributed by atoms with Crippen LogP contribution in [0.25, 0.3) is 6.08 Å². The van der Waals surface area contributed by atoms with E-state index in [1.165, 1.54) is 19.2 Å². The zero-order valence-corrected chi connectivity index (χ0v) is 16.4. The van der Waals surface area contributed by atoms with E-state index in [-0.39, 0.29) is 22.6 Å². The van der Waals surface area contributed by atoms with E-state index in [2.05, 4.69) is 0 Å². The molecular formula is C23H21NO5. The molecule has 1 aliphatic rings. The van der Waals surface area contributed by atoms with E-state index in [0.717, 1.165) is 11.1 Å². The predicted octanol–water partition coefficient (Wildman–Crippen LogP) is 3.57. The number of hydrogen-bond donors (Lipinski definition) is 1. The summed E-state index contributed by atoms with van der Waals surface area (Å²) in [5, 5.41) is 9.03. The molecule has 0 spiro atoms. The Hall–Kier alpha value is -3.67. The molecule has 2 aromatic rings. The number of allylic oxidation sites excluding steroid dienone is 1. The van der Waals surface area contributed by atoms with E-state index in [4.69, 9.17) is 9.84 Å². The molecule has 0 saturated carbocycles. The fraction of sp³-hybridized carbons (Fsp3) is 0.174. The Morgan fingerprint density at radius 3 is 2.21 bits per heavy atom. The Labute approximate surface area is 168 Å². The zero-order chi connectivity index (χ0) is 21.1. The van der Waals surface area contributed by atoms with Gasteiger partial charge in [0.15, 0.2) is 0 Å². The van der Waals surface area contributed by atoms with Crippen molar-refractivity contribution in [2.45, 2.75) is 20.4 Å². The van der Waals surface area contributed by atoms with Gasteiger partial charge in [-0.1, -0.05) is 42.0 Å². The number of carboxylic acids is 1. The molecule has 1 amide bonds. The molecule has 29 heavy (non-hydrogen) atoms. The van der Waals surface area contributed by atoms with Gasteiger partial charge in [-0.25, -0.2) is 9.59 Å². The number of aromatic carboxylic acids is 1. The third-order valence-electron chi connectivity index (χ3n) is 4.83. The Balaban J connectivity index is 1.99. The van der Waals surface area contributed by atoms with Crippen LogP contribution in [0.2, 0.25) is 0 Å². The van der Waals surface area contributed by atoms with Crippen LogP contribution in [0.4, 0.5) is 0 Å². The molecule has 0 atom stereocenters. The molecule has 148 valence electrons. The number of amides is 1. The summed E-state index contributed by atoms with van der Waals surface area (Å²) in [5.74, 6) is -1.92. The topological polar surface area (TPSA) is 83.9 Å². The van der Waals surface area contributed by atoms with Crippen LogP contribution in [0.3, 0.4) is 0 Å². The Morgan fingerprint density at radius 1 is 1.03 bits per heavy atom. The minimum absolute atomic E-state index is 0.144. The molecule has 0 fully saturated rings. The van der Waals surface area contributed by atoms with Crippen LogP contribution in [0.1, 0.15) is 34.0 Å². The van der Waals surface area contributed by atoms with Crippen LogP contribution in [0.15, 0.2) is 65.4 Å². The van der Waals surface area contributed by atoms with Crippen molar-refractivity contribution < 1.29 is 24.2 Å². The number of rotatable bonds is 5. The number of carboxylic acid groups (broad SMARTS) is 1. The molecule has 0 aromatic heterocycles. The van der Waals surface area contributed by atoms with Crippen LogP contribution in [-0.2, 0) is 20.9 Å². The van der Waals surface area contributed by atoms with Crippen molar-refractivity contribution in [1.82, 2.24) is 4.90 Å². The highest BCUT2D eigenvalue weighted by Crippen LogP contribution is 2.32. The lowest BCUT2D eigenvalue weighted by molar-refractivity contribution is -0.136. The number of hydrogen-bond acceptors (Lipinski definition) is 4. The highest BCUT2D eigenvalue weighted by molar-refractivity contribution is 6.16. The largest absolute Gasteiger partial charge is 0.478 e. The van der Waals surface area contributed by atoms with E-state index in [1.54, 1.807) is 30.0 Å². The molecule has 0 radical (unpaired) electrons. The quantitative estimate of drug-likeness (QED) is 0.622. The highest BCUT2D eigenvalue weighted by Gasteiger charge is 2.36. The minimum Gasteiger partial charge on any atom is -0.478 e. The molecule has 2 aromatic carbocycles. The van der Waals surface area contributed by atoms with E-state index in [1.807, 2.05) is 31.2 Å². The highest BCUT2D eigenvalue weighted by atomic mass is 16.5. The van der Waals surface area contributed by atoms with Crippen molar-refractivity contribution in [2.75, 3.05) is 7.11 Å². The van der Waals surface area contributed by atoms with Crippen LogP contribution in [-0.4, -0.2) is 35.0 Å². The van der Waals surface area contributed by atoms with Gasteiger partial charge in [0.2, 0.25) is 0 Å². The number of carbonyl (C=O) groups is 3. The van der Waals surface area contributed by atoms with Crippen molar-refractivity contribution in [3.63, 3.8) is 0 Å². The normalized spacial score (nSPS) is 15.2. The fourth-order valence-electron chi connectivity index (χ4n) is 3.18. The molecule has 0 aliphatic carbocycles. The lowest BCUT2D eigenvalue weighted by Crippen LogP contribution is -2.24. The Kier molecular flexibility index (Phi) is 5.64. The number of carbonyl (C=O) groups excluding carboxylic acids is 2. The number of benzene rings is 2. The third kappa shape index (κ3) is 4.11. The Bertz CT molecular complexity index is 1030. The lowest BCUT2D eigenvalue weighted by atomic mass is 10.0. The maximum Gasteiger partial charge on any atom is 0.340 e. The zero-order valence-electron chi connectivity index (χ0n) is 16.4. The maximum atomic E-state index is 13.1. The molecule has 1 aliphatic heterocycles. The summed E-state index contributed by atoms with van der Waals surface area (Å²) in [6, 6.07) is 13.9. The van der Waals surface area contributed by atoms with Crippen LogP contribution in [0.5, 0.6) is 0 Å². The van der Waals surface area contributed by atoms with E-state index < -0.39 is 11.9 Å². The fourth-order valence-corrected chi connectivity index (χ4v) is 3.18. The van der Waals surface area contributed by atoms with Gasteiger partial charge in [0, 0.05) is 5.70 Å². The van der Waals surface area contributed by atoms with E-state index in [9.17, 15) is 14.4 Å². The SMILES string of the molecule is COC(=O)C1=C(C)N(Cc2ccc(C)cc2)C(=O)/C1=C\c1ccc(C(=O)O)cc1. The van der Waals surface area contributed by atoms with Gasteiger partial charge in [-0.05, 0) is 43.2 Å². The average molecular weight is 391 g/mol. The van der Waals surface area contributed by atoms with E-state index in [0.29, 0.717) is 17.8 Å². The van der Waals surface area contributed by atoms with Gasteiger partial charge in [0.1, 0.15) is 0 Å². The first-order valence-corrected chi connectivity index (χ1v) is 9.04. The average Bonchev–Trinajstić information content (AvgIpc) is 2.93. The van der Waals surface area contributed by atoms with Gasteiger partial charge < -0.3 is 14.7 Å². The van der Waals surface area contributed by atoms with E-state index >= 15 is 0 Å². The molecule has 1 N–H and O–H groups in total. The van der Waals surface area contributed by atoms with Crippen LogP contribution >= 0.6 is 0 Å². The lowest BCUT2D eigenvalue weighted by Gasteiger charge is -2.18. The Morgan fingerprint density at radius 2 is 1.66 bits per heavy atom. The summed E-state index contributed by atoms with van der Waals surface area (Å²) in [5.41, 5.74) is 3.79. The van der Waals surface area contributed by atoms with Crippen molar-refractivity contribution in [3.05, 3.63) is 87.6 Å². The molecule has 0 bridgehead atoms. The van der Waals surface area contributed by atoms with Crippen molar-refractivity contribution in [1.29, 1.82) is 0 Å². The predicted molar refractivity (Wildman–Crippen MR) is 108 cm³/mol. The minimum atomic E-state index is -1.03. The van der Waals surface area contributed by atoms with Gasteiger partial charge >= 0.3 is 11.9 Å². The van der Waals surface area contributed by atoms with Gasteiger partial charge in [-0.2, -0.15) is 0 Å². The van der Waals surface area contributed by atoms with Gasteiger partial charge in [-0.3, -0.25) is 4.79 Å². The monoisotopic (exact) mass is 391 g/mol. The number of esters is 1. The molecule has 0 saturated heterocycles. The number of ether oxygens (including phenoxy) is 1. The molecule has 0 unspecified atom stereocenters. The molecule has 1 heterocycles. The first-order valence-electron chi connectivity index (χ1n) is 9.04. The smallest absolute Gasteiger partial charge is 0.340 e. The number of methoxy groups -OCH3 is 1. The van der Waals surface area contributed by atoms with Crippen LogP contribution < -0.4 is 0 Å². The first-order chi connectivity index (χ1) is 13.8. The van der Waals surface area contributed by atoms with Crippen molar-refractivity contribution in [2.24, 2.45) is 0 Å². The summed E-state index contributed by atoms with van der Waals surface area (Å²) in [7, 11) is 1.27. The maximum absolute atomic E-state index is 13.1. The molecule has 6 heteroatoms. The molecule has 3 rings (SSSR count). The van der Waals surface area contributed by atoms with Crippen molar-refractivity contribution >= 4 is 23.9 Å². The van der Waals surface area contributed by atoms with Gasteiger partial charge in [-0.15, -0.1) is 0 Å². The number of aryl methyl sites for hydroxylation is 1. The molecular weight excluding hydrogens is 370 g/mol. The van der Waals surface area contributed by atoms with Crippen LogP contribution in [0, 0.1) is 6.92 Å².